The van der Waals surface area contributed by atoms with E-state index in [1.54, 1.807) is 0 Å². The van der Waals surface area contributed by atoms with Crippen LogP contribution in [0.2, 0.25) is 0 Å². The number of amides is 1. The van der Waals surface area contributed by atoms with Crippen LogP contribution in [-0.2, 0) is 14.2 Å². The molecule has 0 saturated heterocycles. The molecule has 0 fully saturated rings. The fourth-order valence-corrected chi connectivity index (χ4v) is 3.58. The van der Waals surface area contributed by atoms with E-state index < -0.39 is 0 Å². The Morgan fingerprint density at radius 1 is 0.862 bits per heavy atom. The second kappa shape index (κ2) is 11.6. The van der Waals surface area contributed by atoms with Crippen LogP contribution < -0.4 is 5.32 Å². The largest absolute Gasteiger partial charge is 0.449 e. The molecule has 1 N–H and O–H groups in total. The summed E-state index contributed by atoms with van der Waals surface area (Å²) in [6, 6.07) is 16.6. The van der Waals surface area contributed by atoms with Gasteiger partial charge in [0.15, 0.2) is 0 Å². The smallest absolute Gasteiger partial charge is 0.407 e. The van der Waals surface area contributed by atoms with Crippen LogP contribution in [0.25, 0.3) is 11.1 Å². The maximum Gasteiger partial charge on any atom is 0.407 e. The van der Waals surface area contributed by atoms with Crippen LogP contribution in [0, 0.1) is 0 Å². The van der Waals surface area contributed by atoms with Gasteiger partial charge in [-0.2, -0.15) is 0 Å². The standard InChI is InChI=1S/C24H31NO4/c1-2-3-14-27-16-17-28-15-8-13-25-24(26)29-18-23-21-11-6-4-9-19(21)20-10-5-7-12-22(20)23/h4-7,9-12,23H,2-3,8,13-18H2,1H3,(H,25,26). The molecule has 1 aliphatic carbocycles. The van der Waals surface area contributed by atoms with E-state index in [1.165, 1.54) is 22.3 Å². The number of carbonyl (C=O) groups excluding carboxylic acids is 1. The van der Waals surface area contributed by atoms with Crippen molar-refractivity contribution in [3.63, 3.8) is 0 Å². The van der Waals surface area contributed by atoms with Crippen LogP contribution in [0.15, 0.2) is 48.5 Å². The first kappa shape index (κ1) is 21.3. The number of carbonyl (C=O) groups is 1. The van der Waals surface area contributed by atoms with Crippen LogP contribution in [0.5, 0.6) is 0 Å². The van der Waals surface area contributed by atoms with Crippen molar-refractivity contribution in [1.82, 2.24) is 5.32 Å². The van der Waals surface area contributed by atoms with E-state index in [9.17, 15) is 4.79 Å². The second-order valence-electron chi connectivity index (χ2n) is 7.18. The lowest BCUT2D eigenvalue weighted by Gasteiger charge is -2.14. The van der Waals surface area contributed by atoms with Crippen molar-refractivity contribution < 1.29 is 19.0 Å². The van der Waals surface area contributed by atoms with Crippen molar-refractivity contribution in [2.24, 2.45) is 0 Å². The van der Waals surface area contributed by atoms with Crippen LogP contribution in [0.3, 0.4) is 0 Å². The molecule has 0 saturated carbocycles. The van der Waals surface area contributed by atoms with Crippen molar-refractivity contribution in [3.05, 3.63) is 59.7 Å². The number of fused-ring (bicyclic) bond motifs is 3. The molecule has 0 bridgehead atoms. The monoisotopic (exact) mass is 397 g/mol. The molecule has 5 nitrogen and oxygen atoms in total. The molecular weight excluding hydrogens is 366 g/mol. The predicted molar refractivity (Wildman–Crippen MR) is 114 cm³/mol. The number of ether oxygens (including phenoxy) is 3. The summed E-state index contributed by atoms with van der Waals surface area (Å²) in [5, 5.41) is 2.80. The van der Waals surface area contributed by atoms with Gasteiger partial charge in [-0.25, -0.2) is 4.79 Å². The fourth-order valence-electron chi connectivity index (χ4n) is 3.58. The van der Waals surface area contributed by atoms with Gasteiger partial charge in [-0.15, -0.1) is 0 Å². The zero-order valence-electron chi connectivity index (χ0n) is 17.2. The number of benzene rings is 2. The van der Waals surface area contributed by atoms with Crippen molar-refractivity contribution in [2.45, 2.75) is 32.1 Å². The first-order valence-electron chi connectivity index (χ1n) is 10.6. The lowest BCUT2D eigenvalue weighted by atomic mass is 9.98. The summed E-state index contributed by atoms with van der Waals surface area (Å²) in [4.78, 5) is 12.1. The Labute approximate surface area is 173 Å². The maximum atomic E-state index is 12.1. The molecule has 1 aliphatic rings. The summed E-state index contributed by atoms with van der Waals surface area (Å²) in [6.07, 6.45) is 2.60. The van der Waals surface area contributed by atoms with Gasteiger partial charge in [0.25, 0.3) is 0 Å². The number of hydrogen-bond donors (Lipinski definition) is 1. The number of alkyl carbamates (subject to hydrolysis) is 1. The SMILES string of the molecule is CCCCOCCOCCCNC(=O)OCC1c2ccccc2-c2ccccc21. The van der Waals surface area contributed by atoms with Gasteiger partial charge < -0.3 is 19.5 Å². The topological polar surface area (TPSA) is 56.8 Å². The molecular formula is C24H31NO4. The molecule has 2 aromatic carbocycles. The summed E-state index contributed by atoms with van der Waals surface area (Å²) in [5.74, 6) is 0.0872. The van der Waals surface area contributed by atoms with Crippen LogP contribution in [0.1, 0.15) is 43.2 Å². The quantitative estimate of drug-likeness (QED) is 0.525. The van der Waals surface area contributed by atoms with Gasteiger partial charge in [-0.1, -0.05) is 61.9 Å². The summed E-state index contributed by atoms with van der Waals surface area (Å²) >= 11 is 0. The average molecular weight is 398 g/mol. The molecule has 3 rings (SSSR count). The molecule has 0 radical (unpaired) electrons. The van der Waals surface area contributed by atoms with Crippen molar-refractivity contribution in [1.29, 1.82) is 0 Å². The molecule has 0 spiro atoms. The zero-order valence-corrected chi connectivity index (χ0v) is 17.2. The normalized spacial score (nSPS) is 12.4. The van der Waals surface area contributed by atoms with E-state index in [0.717, 1.165) is 25.9 Å². The Hall–Kier alpha value is -2.37. The summed E-state index contributed by atoms with van der Waals surface area (Å²) in [7, 11) is 0. The molecule has 1 amide bonds. The molecule has 0 aromatic heterocycles. The number of nitrogens with one attached hydrogen (secondary N) is 1. The predicted octanol–water partition coefficient (Wildman–Crippen LogP) is 4.75. The molecule has 29 heavy (non-hydrogen) atoms. The average Bonchev–Trinajstić information content (AvgIpc) is 3.07. The minimum atomic E-state index is -0.380. The van der Waals surface area contributed by atoms with Crippen molar-refractivity contribution in [3.8, 4) is 11.1 Å². The first-order valence-corrected chi connectivity index (χ1v) is 10.6. The third-order valence-electron chi connectivity index (χ3n) is 5.09. The van der Waals surface area contributed by atoms with Crippen molar-refractivity contribution >= 4 is 6.09 Å². The van der Waals surface area contributed by atoms with Crippen LogP contribution in [-0.4, -0.2) is 45.7 Å². The van der Waals surface area contributed by atoms with Crippen LogP contribution in [0.4, 0.5) is 4.79 Å². The van der Waals surface area contributed by atoms with Gasteiger partial charge in [0.1, 0.15) is 6.61 Å². The van der Waals surface area contributed by atoms with E-state index >= 15 is 0 Å². The number of rotatable bonds is 12. The van der Waals surface area contributed by atoms with Gasteiger partial charge in [-0.3, -0.25) is 0 Å². The maximum absolute atomic E-state index is 12.1. The highest BCUT2D eigenvalue weighted by Gasteiger charge is 2.28. The summed E-state index contributed by atoms with van der Waals surface area (Å²) in [6.45, 7) is 5.63. The highest BCUT2D eigenvalue weighted by Crippen LogP contribution is 2.44. The van der Waals surface area contributed by atoms with E-state index in [-0.39, 0.29) is 12.0 Å². The third-order valence-corrected chi connectivity index (χ3v) is 5.09. The molecule has 0 atom stereocenters. The van der Waals surface area contributed by atoms with Gasteiger partial charge in [-0.05, 0) is 35.1 Å². The first-order chi connectivity index (χ1) is 14.3. The van der Waals surface area contributed by atoms with Crippen molar-refractivity contribution in [2.75, 3.05) is 39.6 Å². The highest BCUT2D eigenvalue weighted by atomic mass is 16.5. The Balaban J connectivity index is 1.33. The minimum absolute atomic E-state index is 0.0872. The van der Waals surface area contributed by atoms with Gasteiger partial charge in [0.05, 0.1) is 13.2 Å². The molecule has 156 valence electrons. The molecule has 0 unspecified atom stereocenters. The highest BCUT2D eigenvalue weighted by molar-refractivity contribution is 5.79. The Kier molecular flexibility index (Phi) is 8.53. The Morgan fingerprint density at radius 3 is 2.07 bits per heavy atom. The minimum Gasteiger partial charge on any atom is -0.449 e. The van der Waals surface area contributed by atoms with Crippen LogP contribution >= 0.6 is 0 Å². The lowest BCUT2D eigenvalue weighted by molar-refractivity contribution is 0.0458. The lowest BCUT2D eigenvalue weighted by Crippen LogP contribution is -2.27. The fraction of sp³-hybridized carbons (Fsp3) is 0.458. The summed E-state index contributed by atoms with van der Waals surface area (Å²) in [5.41, 5.74) is 4.90. The molecule has 2 aromatic rings. The van der Waals surface area contributed by atoms with E-state index in [2.05, 4.69) is 36.5 Å². The van der Waals surface area contributed by atoms with Gasteiger partial charge in [0.2, 0.25) is 0 Å². The Morgan fingerprint density at radius 2 is 1.45 bits per heavy atom. The zero-order chi connectivity index (χ0) is 20.3. The van der Waals surface area contributed by atoms with E-state index in [1.807, 2.05) is 24.3 Å². The number of hydrogen-bond acceptors (Lipinski definition) is 4. The van der Waals surface area contributed by atoms with Gasteiger partial charge >= 0.3 is 6.09 Å². The number of unbranched alkanes of at least 4 members (excludes halogenated alkanes) is 1. The van der Waals surface area contributed by atoms with E-state index in [0.29, 0.717) is 33.0 Å². The molecule has 5 heteroatoms. The second-order valence-corrected chi connectivity index (χ2v) is 7.18. The van der Waals surface area contributed by atoms with E-state index in [4.69, 9.17) is 14.2 Å². The Bertz CT molecular complexity index is 731. The summed E-state index contributed by atoms with van der Waals surface area (Å²) < 4.78 is 16.4. The molecule has 0 aliphatic heterocycles. The third kappa shape index (κ3) is 6.05. The molecule has 0 heterocycles. The van der Waals surface area contributed by atoms with Gasteiger partial charge in [0, 0.05) is 25.7 Å².